The van der Waals surface area contributed by atoms with E-state index in [-0.39, 0.29) is 11.8 Å². The first-order chi connectivity index (χ1) is 9.83. The van der Waals surface area contributed by atoms with Crippen molar-refractivity contribution in [2.75, 3.05) is 20.7 Å². The van der Waals surface area contributed by atoms with Gasteiger partial charge in [-0.2, -0.15) is 0 Å². The average molecular weight is 297 g/mol. The van der Waals surface area contributed by atoms with E-state index in [1.807, 2.05) is 18.9 Å². The van der Waals surface area contributed by atoms with E-state index in [1.54, 1.807) is 13.4 Å². The zero-order valence-corrected chi connectivity index (χ0v) is 15.1. The van der Waals surface area contributed by atoms with Crippen molar-refractivity contribution in [1.29, 1.82) is 0 Å². The minimum Gasteiger partial charge on any atom is -0.505 e. The second-order valence-corrected chi connectivity index (χ2v) is 6.60. The lowest BCUT2D eigenvalue weighted by Crippen LogP contribution is -2.33. The summed E-state index contributed by atoms with van der Waals surface area (Å²) in [5.74, 6) is 2.19. The molecule has 0 radical (unpaired) electrons. The Morgan fingerprint density at radius 3 is 2.38 bits per heavy atom. The maximum absolute atomic E-state index is 12.0. The molecule has 0 heterocycles. The van der Waals surface area contributed by atoms with Crippen LogP contribution in [0.15, 0.2) is 12.3 Å². The standard InChI is InChI=1S/C18H35NO2/c1-8-15(3)18(20)19(6)11-9-14(2)13-17(5)16(4)10-12-21-7/h10,12,14-17H,8-9,11,13H2,1-7H3/b12-10+/t14-,15-,16-,17+/m1/s1. The number of nitrogens with zero attached hydrogens (tertiary/aromatic N) is 1. The van der Waals surface area contributed by atoms with E-state index in [9.17, 15) is 4.79 Å². The quantitative estimate of drug-likeness (QED) is 0.561. The maximum Gasteiger partial charge on any atom is 0.225 e. The number of hydrogen-bond acceptors (Lipinski definition) is 2. The van der Waals surface area contributed by atoms with Crippen LogP contribution in [-0.4, -0.2) is 31.5 Å². The highest BCUT2D eigenvalue weighted by Gasteiger charge is 2.18. The maximum atomic E-state index is 12.0. The summed E-state index contributed by atoms with van der Waals surface area (Å²) >= 11 is 0. The fraction of sp³-hybridized carbons (Fsp3) is 0.833. The van der Waals surface area contributed by atoms with E-state index in [2.05, 4.69) is 33.8 Å². The summed E-state index contributed by atoms with van der Waals surface area (Å²) in [6, 6.07) is 0. The molecular weight excluding hydrogens is 262 g/mol. The molecule has 0 aromatic carbocycles. The van der Waals surface area contributed by atoms with Crippen LogP contribution in [0, 0.1) is 23.7 Å². The molecule has 3 heteroatoms. The van der Waals surface area contributed by atoms with E-state index in [4.69, 9.17) is 4.74 Å². The van der Waals surface area contributed by atoms with Gasteiger partial charge in [0.2, 0.25) is 5.91 Å². The van der Waals surface area contributed by atoms with Crippen LogP contribution in [0.5, 0.6) is 0 Å². The molecule has 0 unspecified atom stereocenters. The zero-order chi connectivity index (χ0) is 16.4. The van der Waals surface area contributed by atoms with Crippen LogP contribution in [0.1, 0.15) is 53.9 Å². The summed E-state index contributed by atoms with van der Waals surface area (Å²) in [5, 5.41) is 0. The molecule has 0 aromatic rings. The van der Waals surface area contributed by atoms with Crippen molar-refractivity contribution >= 4 is 5.91 Å². The molecule has 1 amide bonds. The monoisotopic (exact) mass is 297 g/mol. The molecule has 0 fully saturated rings. The van der Waals surface area contributed by atoms with Crippen molar-refractivity contribution < 1.29 is 9.53 Å². The van der Waals surface area contributed by atoms with Gasteiger partial charge in [-0.3, -0.25) is 4.79 Å². The molecule has 21 heavy (non-hydrogen) atoms. The normalized spacial score (nSPS) is 17.3. The largest absolute Gasteiger partial charge is 0.505 e. The van der Waals surface area contributed by atoms with Crippen LogP contribution in [-0.2, 0) is 9.53 Å². The average Bonchev–Trinajstić information content (AvgIpc) is 2.48. The van der Waals surface area contributed by atoms with Gasteiger partial charge in [0, 0.05) is 19.5 Å². The summed E-state index contributed by atoms with van der Waals surface area (Å²) in [5.41, 5.74) is 0. The zero-order valence-electron chi connectivity index (χ0n) is 15.1. The van der Waals surface area contributed by atoms with E-state index < -0.39 is 0 Å². The lowest BCUT2D eigenvalue weighted by Gasteiger charge is -2.25. The first-order valence-electron chi connectivity index (χ1n) is 8.27. The van der Waals surface area contributed by atoms with Crippen LogP contribution >= 0.6 is 0 Å². The van der Waals surface area contributed by atoms with Crippen LogP contribution in [0.25, 0.3) is 0 Å². The summed E-state index contributed by atoms with van der Waals surface area (Å²) in [6.07, 6.45) is 7.06. The lowest BCUT2D eigenvalue weighted by molar-refractivity contribution is -0.133. The topological polar surface area (TPSA) is 29.5 Å². The summed E-state index contributed by atoms with van der Waals surface area (Å²) < 4.78 is 4.98. The van der Waals surface area contributed by atoms with Crippen molar-refractivity contribution in [3.8, 4) is 0 Å². The smallest absolute Gasteiger partial charge is 0.225 e. The van der Waals surface area contributed by atoms with Crippen molar-refractivity contribution in [1.82, 2.24) is 4.90 Å². The molecule has 0 rings (SSSR count). The molecule has 3 nitrogen and oxygen atoms in total. The first kappa shape index (κ1) is 20.0. The number of carbonyl (C=O) groups is 1. The number of ether oxygens (including phenoxy) is 1. The predicted octanol–water partition coefficient (Wildman–Crippen LogP) is 4.34. The third kappa shape index (κ3) is 8.13. The SMILES string of the molecule is CC[C@@H](C)C(=O)N(C)CC[C@@H](C)C[C@H](C)[C@H](C)/C=C/OC. The van der Waals surface area contributed by atoms with Gasteiger partial charge in [-0.15, -0.1) is 0 Å². The predicted molar refractivity (Wildman–Crippen MR) is 90.0 cm³/mol. The van der Waals surface area contributed by atoms with Crippen LogP contribution in [0.3, 0.4) is 0 Å². The molecule has 0 bridgehead atoms. The van der Waals surface area contributed by atoms with Gasteiger partial charge in [0.1, 0.15) is 0 Å². The molecule has 0 aliphatic rings. The Morgan fingerprint density at radius 2 is 1.86 bits per heavy atom. The number of hydrogen-bond donors (Lipinski definition) is 0. The van der Waals surface area contributed by atoms with Gasteiger partial charge >= 0.3 is 0 Å². The van der Waals surface area contributed by atoms with Crippen molar-refractivity contribution in [2.45, 2.75) is 53.9 Å². The molecule has 0 N–H and O–H groups in total. The number of methoxy groups -OCH3 is 1. The van der Waals surface area contributed by atoms with Crippen molar-refractivity contribution in [2.24, 2.45) is 23.7 Å². The van der Waals surface area contributed by atoms with E-state index in [0.717, 1.165) is 19.4 Å². The molecule has 0 saturated carbocycles. The Kier molecular flexibility index (Phi) is 10.2. The van der Waals surface area contributed by atoms with Gasteiger partial charge in [-0.05, 0) is 43.1 Å². The van der Waals surface area contributed by atoms with Crippen molar-refractivity contribution in [3.05, 3.63) is 12.3 Å². The molecule has 0 spiro atoms. The Balaban J connectivity index is 4.12. The number of rotatable bonds is 10. The Morgan fingerprint density at radius 1 is 1.24 bits per heavy atom. The highest BCUT2D eigenvalue weighted by atomic mass is 16.5. The second kappa shape index (κ2) is 10.7. The third-order valence-corrected chi connectivity index (χ3v) is 4.56. The summed E-state index contributed by atoms with van der Waals surface area (Å²) in [6.45, 7) is 11.7. The van der Waals surface area contributed by atoms with Crippen LogP contribution < -0.4 is 0 Å². The van der Waals surface area contributed by atoms with Gasteiger partial charge in [0.15, 0.2) is 0 Å². The number of carbonyl (C=O) groups excluding carboxylic acids is 1. The highest BCUT2D eigenvalue weighted by Crippen LogP contribution is 2.23. The second-order valence-electron chi connectivity index (χ2n) is 6.60. The third-order valence-electron chi connectivity index (χ3n) is 4.56. The van der Waals surface area contributed by atoms with E-state index in [0.29, 0.717) is 17.8 Å². The van der Waals surface area contributed by atoms with Gasteiger partial charge in [0.05, 0.1) is 13.4 Å². The molecule has 0 saturated heterocycles. The van der Waals surface area contributed by atoms with Gasteiger partial charge in [-0.25, -0.2) is 0 Å². The molecule has 0 aromatic heterocycles. The van der Waals surface area contributed by atoms with Crippen LogP contribution in [0.2, 0.25) is 0 Å². The summed E-state index contributed by atoms with van der Waals surface area (Å²) in [4.78, 5) is 13.9. The van der Waals surface area contributed by atoms with Crippen LogP contribution in [0.4, 0.5) is 0 Å². The Bertz CT molecular complexity index is 314. The summed E-state index contributed by atoms with van der Waals surface area (Å²) in [7, 11) is 3.61. The molecule has 0 aliphatic carbocycles. The van der Waals surface area contributed by atoms with Gasteiger partial charge < -0.3 is 9.64 Å². The number of allylic oxidation sites excluding steroid dienone is 1. The molecule has 0 aliphatic heterocycles. The van der Waals surface area contributed by atoms with E-state index >= 15 is 0 Å². The lowest BCUT2D eigenvalue weighted by atomic mass is 9.86. The highest BCUT2D eigenvalue weighted by molar-refractivity contribution is 5.78. The van der Waals surface area contributed by atoms with Gasteiger partial charge in [-0.1, -0.05) is 34.6 Å². The Labute approximate surface area is 131 Å². The number of amides is 1. The first-order valence-corrected chi connectivity index (χ1v) is 8.27. The molecular formula is C18H35NO2. The minimum absolute atomic E-state index is 0.142. The fourth-order valence-electron chi connectivity index (χ4n) is 2.43. The Hall–Kier alpha value is -0.990. The van der Waals surface area contributed by atoms with Crippen molar-refractivity contribution in [3.63, 3.8) is 0 Å². The van der Waals surface area contributed by atoms with Gasteiger partial charge in [0.25, 0.3) is 0 Å². The van der Waals surface area contributed by atoms with E-state index in [1.165, 1.54) is 6.42 Å². The molecule has 4 atom stereocenters. The minimum atomic E-state index is 0.142. The molecule has 124 valence electrons. The fourth-order valence-corrected chi connectivity index (χ4v) is 2.43.